The highest BCUT2D eigenvalue weighted by molar-refractivity contribution is 7.23. The number of carbonyl (C=O) groups is 4. The second-order valence-electron chi connectivity index (χ2n) is 14.7. The summed E-state index contributed by atoms with van der Waals surface area (Å²) in [6.45, 7) is 1.08. The van der Waals surface area contributed by atoms with Crippen LogP contribution in [-0.2, 0) is 19.1 Å². The molecular formula is C43H40N10O6S2. The molecule has 2 fully saturated rings. The molecule has 2 unspecified atom stereocenters. The first-order valence-electron chi connectivity index (χ1n) is 19.8. The number of fused-ring (bicyclic) bond motifs is 2. The molecule has 2 aliphatic heterocycles. The Balaban J connectivity index is 0.916. The second-order valence-corrected chi connectivity index (χ2v) is 16.7. The molecule has 0 saturated carbocycles. The second kappa shape index (κ2) is 17.1. The van der Waals surface area contributed by atoms with Gasteiger partial charge in [-0.05, 0) is 48.9 Å². The van der Waals surface area contributed by atoms with Gasteiger partial charge in [-0.3, -0.25) is 9.59 Å². The maximum atomic E-state index is 14.0. The van der Waals surface area contributed by atoms with Crippen LogP contribution in [0.5, 0.6) is 0 Å². The number of carbonyl (C=O) groups excluding carboxylic acids is 4. The van der Waals surface area contributed by atoms with Gasteiger partial charge in [0.05, 0.1) is 76.4 Å². The van der Waals surface area contributed by atoms with E-state index in [0.717, 1.165) is 73.1 Å². The molecule has 16 nitrogen and oxygen atoms in total. The van der Waals surface area contributed by atoms with Gasteiger partial charge in [0.15, 0.2) is 0 Å². The Hall–Kier alpha value is -6.79. The Bertz CT molecular complexity index is 2710. The van der Waals surface area contributed by atoms with Gasteiger partial charge in [-0.1, -0.05) is 60.7 Å². The van der Waals surface area contributed by atoms with Crippen LogP contribution in [0.4, 0.5) is 9.59 Å². The fourth-order valence-electron chi connectivity index (χ4n) is 8.03. The molecule has 0 radical (unpaired) electrons. The number of likely N-dealkylation sites (tertiary alicyclic amines) is 2. The van der Waals surface area contributed by atoms with Gasteiger partial charge in [0.1, 0.15) is 27.7 Å². The number of imidazole rings is 2. The molecule has 4 aromatic heterocycles. The molecule has 9 rings (SSSR count). The molecule has 0 spiro atoms. The van der Waals surface area contributed by atoms with E-state index in [1.54, 1.807) is 22.2 Å². The largest absolute Gasteiger partial charge is 0.453 e. The van der Waals surface area contributed by atoms with Crippen molar-refractivity contribution in [3.05, 3.63) is 108 Å². The van der Waals surface area contributed by atoms with Crippen molar-refractivity contribution in [3.8, 4) is 21.4 Å². The standard InChI is InChI=1S/C43H40N10O6S2/c1-58-42(56)46-21-26(24-11-5-3-6-12-24)40(54)52-17-9-15-31(52)36-44-22-29(47-36)38-49-27-19-34-28(20-33(27)60-38)50-39(61-34)30-23-45-37(48-30)32-16-10-18-53(32)41(55)35(51-43(57)59-2)25-13-7-4-8-14-25/h3-8,11-14,19-23,26,31-32,35H,9-10,15-18H2,1-2H3,(H,44,47)(H,45,48)(H,51,57)/b46-21-/t26?,31-,32-,35?/m0/s1. The zero-order valence-corrected chi connectivity index (χ0v) is 34.7. The third-order valence-corrected chi connectivity index (χ3v) is 13.1. The molecule has 3 N–H and O–H groups in total. The first-order valence-corrected chi connectivity index (χ1v) is 21.4. The number of hydrogen-bond acceptors (Lipinski definition) is 12. The van der Waals surface area contributed by atoms with Gasteiger partial charge in [-0.15, -0.1) is 22.7 Å². The number of methoxy groups -OCH3 is 2. The van der Waals surface area contributed by atoms with E-state index in [1.807, 2.05) is 72.8 Å². The highest BCUT2D eigenvalue weighted by Gasteiger charge is 2.38. The number of aromatic amines is 2. The summed E-state index contributed by atoms with van der Waals surface area (Å²) >= 11 is 3.05. The molecular weight excluding hydrogens is 817 g/mol. The summed E-state index contributed by atoms with van der Waals surface area (Å²) in [6, 6.07) is 21.0. The molecule has 2 aliphatic rings. The predicted molar refractivity (Wildman–Crippen MR) is 230 cm³/mol. The van der Waals surface area contributed by atoms with E-state index in [2.05, 4.69) is 25.0 Å². The van der Waals surface area contributed by atoms with Gasteiger partial charge in [0.25, 0.3) is 5.91 Å². The van der Waals surface area contributed by atoms with Crippen molar-refractivity contribution in [2.75, 3.05) is 27.3 Å². The first kappa shape index (κ1) is 39.7. The smallest absolute Gasteiger partial charge is 0.432 e. The molecule has 0 aliphatic carbocycles. The van der Waals surface area contributed by atoms with Crippen molar-refractivity contribution >= 4 is 73.3 Å². The number of amides is 4. The fraction of sp³-hybridized carbons (Fsp3) is 0.279. The number of nitrogens with one attached hydrogen (secondary N) is 3. The predicted octanol–water partition coefficient (Wildman–Crippen LogP) is 7.73. The van der Waals surface area contributed by atoms with Crippen LogP contribution in [0.3, 0.4) is 0 Å². The number of ether oxygens (including phenoxy) is 2. The minimum absolute atomic E-state index is 0.171. The average Bonchev–Trinajstić information content (AvgIpc) is 4.14. The van der Waals surface area contributed by atoms with Crippen LogP contribution in [0.15, 0.2) is 90.2 Å². The lowest BCUT2D eigenvalue weighted by Gasteiger charge is -2.28. The van der Waals surface area contributed by atoms with E-state index >= 15 is 0 Å². The average molecular weight is 857 g/mol. The van der Waals surface area contributed by atoms with Gasteiger partial charge >= 0.3 is 12.2 Å². The topological polar surface area (TPSA) is 201 Å². The lowest BCUT2D eigenvalue weighted by Crippen LogP contribution is -2.42. The van der Waals surface area contributed by atoms with Crippen molar-refractivity contribution in [1.82, 2.24) is 45.0 Å². The number of alkyl carbamates (subject to hydrolysis) is 1. The molecule has 3 aromatic carbocycles. The van der Waals surface area contributed by atoms with Crippen LogP contribution in [0.1, 0.15) is 72.5 Å². The Morgan fingerprint density at radius 1 is 0.754 bits per heavy atom. The maximum Gasteiger partial charge on any atom is 0.432 e. The Morgan fingerprint density at radius 3 is 1.80 bits per heavy atom. The summed E-state index contributed by atoms with van der Waals surface area (Å²) in [4.78, 5) is 85.7. The summed E-state index contributed by atoms with van der Waals surface area (Å²) in [7, 11) is 2.52. The van der Waals surface area contributed by atoms with Crippen molar-refractivity contribution in [2.45, 2.75) is 49.7 Å². The quantitative estimate of drug-likeness (QED) is 0.114. The number of H-pyrrole nitrogens is 2. The minimum atomic E-state index is -0.903. The summed E-state index contributed by atoms with van der Waals surface area (Å²) in [5.41, 5.74) is 4.54. The Morgan fingerprint density at radius 2 is 1.28 bits per heavy atom. The zero-order valence-electron chi connectivity index (χ0n) is 33.1. The van der Waals surface area contributed by atoms with E-state index in [9.17, 15) is 19.2 Å². The number of nitrogens with zero attached hydrogens (tertiary/aromatic N) is 7. The number of hydrogen-bond donors (Lipinski definition) is 3. The molecule has 6 heterocycles. The summed E-state index contributed by atoms with van der Waals surface area (Å²) < 4.78 is 11.4. The van der Waals surface area contributed by atoms with Crippen LogP contribution in [0.2, 0.25) is 0 Å². The highest BCUT2D eigenvalue weighted by Crippen LogP contribution is 2.39. The lowest BCUT2D eigenvalue weighted by atomic mass is 9.98. The third-order valence-electron chi connectivity index (χ3n) is 11.0. The van der Waals surface area contributed by atoms with Gasteiger partial charge in [-0.25, -0.2) is 29.5 Å². The van der Waals surface area contributed by atoms with E-state index in [1.165, 1.54) is 43.1 Å². The van der Waals surface area contributed by atoms with Gasteiger partial charge in [-0.2, -0.15) is 4.99 Å². The minimum Gasteiger partial charge on any atom is -0.453 e. The number of rotatable bonds is 10. The monoisotopic (exact) mass is 856 g/mol. The lowest BCUT2D eigenvalue weighted by molar-refractivity contribution is -0.134. The molecule has 18 heteroatoms. The Kier molecular flexibility index (Phi) is 11.1. The number of benzene rings is 3. The molecule has 0 bridgehead atoms. The van der Waals surface area contributed by atoms with Crippen LogP contribution in [0.25, 0.3) is 41.8 Å². The van der Waals surface area contributed by atoms with Crippen molar-refractivity contribution in [1.29, 1.82) is 0 Å². The normalized spacial score (nSPS) is 17.6. The van der Waals surface area contributed by atoms with E-state index in [-0.39, 0.29) is 23.9 Å². The van der Waals surface area contributed by atoms with Gasteiger partial charge in [0, 0.05) is 19.3 Å². The number of aliphatic imine (C=N–C) groups is 1. The summed E-state index contributed by atoms with van der Waals surface area (Å²) in [5, 5.41) is 4.23. The molecule has 2 saturated heterocycles. The first-order chi connectivity index (χ1) is 29.8. The number of aromatic nitrogens is 6. The van der Waals surface area contributed by atoms with Crippen molar-refractivity contribution in [2.24, 2.45) is 4.99 Å². The van der Waals surface area contributed by atoms with Crippen molar-refractivity contribution in [3.63, 3.8) is 0 Å². The van der Waals surface area contributed by atoms with Crippen LogP contribution in [0, 0.1) is 0 Å². The van der Waals surface area contributed by atoms with E-state index < -0.39 is 24.1 Å². The maximum absolute atomic E-state index is 14.0. The third kappa shape index (κ3) is 7.98. The van der Waals surface area contributed by atoms with Gasteiger partial charge in [0.2, 0.25) is 5.91 Å². The summed E-state index contributed by atoms with van der Waals surface area (Å²) in [5.74, 6) is 0.159. The summed E-state index contributed by atoms with van der Waals surface area (Å²) in [6.07, 6.45) is 6.46. The highest BCUT2D eigenvalue weighted by atomic mass is 32.1. The van der Waals surface area contributed by atoms with Crippen LogP contribution < -0.4 is 5.32 Å². The van der Waals surface area contributed by atoms with E-state index in [4.69, 9.17) is 24.7 Å². The SMILES string of the molecule is COC(=O)/N=C\C(C(=O)N1CCC[C@H]1c1ncc(-c2nc3cc4sc(-c5cnc([C@@H]6CCCN6C(=O)C(NC(=O)OC)c6ccccc6)[nH]5)nc4cc3s2)[nH]1)c1ccccc1. The van der Waals surface area contributed by atoms with Gasteiger partial charge < -0.3 is 34.6 Å². The number of thiazole rings is 2. The fourth-order valence-corrected chi connectivity index (χ4v) is 9.93. The molecule has 4 amide bonds. The van der Waals surface area contributed by atoms with Crippen molar-refractivity contribution < 1.29 is 28.7 Å². The molecule has 4 atom stereocenters. The molecule has 310 valence electrons. The molecule has 7 aromatic rings. The zero-order chi connectivity index (χ0) is 42.0. The Labute approximate surface area is 357 Å². The van der Waals surface area contributed by atoms with Crippen LogP contribution in [-0.4, -0.2) is 97.2 Å². The van der Waals surface area contributed by atoms with Crippen LogP contribution >= 0.6 is 22.7 Å². The molecule has 61 heavy (non-hydrogen) atoms. The van der Waals surface area contributed by atoms with E-state index in [0.29, 0.717) is 30.3 Å².